The molecule has 0 heterocycles. The van der Waals surface area contributed by atoms with E-state index in [4.69, 9.17) is 23.2 Å². The number of hydrogen-bond donors (Lipinski definition) is 2. The van der Waals surface area contributed by atoms with Gasteiger partial charge in [-0.3, -0.25) is 4.79 Å². The van der Waals surface area contributed by atoms with Gasteiger partial charge in [0.2, 0.25) is 5.91 Å². The molecule has 0 saturated carbocycles. The number of nitrogens with one attached hydrogen (secondary N) is 2. The number of para-hydroxylation sites is 2. The van der Waals surface area contributed by atoms with Crippen molar-refractivity contribution in [3.63, 3.8) is 0 Å². The molecule has 0 bridgehead atoms. The minimum Gasteiger partial charge on any atom is -0.382 e. The van der Waals surface area contributed by atoms with Crippen molar-refractivity contribution >= 4 is 40.5 Å². The van der Waals surface area contributed by atoms with Crippen molar-refractivity contribution in [3.05, 3.63) is 58.1 Å². The third kappa shape index (κ3) is 4.79. The van der Waals surface area contributed by atoms with Gasteiger partial charge in [-0.1, -0.05) is 41.4 Å². The van der Waals surface area contributed by atoms with Gasteiger partial charge >= 0.3 is 6.18 Å². The normalized spacial score (nSPS) is 11.2. The molecule has 0 aromatic heterocycles. The first-order valence-electron chi connectivity index (χ1n) is 6.93. The molecule has 1 amide bonds. The fourth-order valence-electron chi connectivity index (χ4n) is 2.02. The van der Waals surface area contributed by atoms with Crippen LogP contribution in [-0.4, -0.2) is 12.5 Å². The summed E-state index contributed by atoms with van der Waals surface area (Å²) in [4.78, 5) is 11.9. The second-order valence-electron chi connectivity index (χ2n) is 4.86. The van der Waals surface area contributed by atoms with Gasteiger partial charge in [-0.15, -0.1) is 0 Å². The fraction of sp³-hybridized carbons (Fsp3) is 0.188. The van der Waals surface area contributed by atoms with Gasteiger partial charge in [0.1, 0.15) is 0 Å². The van der Waals surface area contributed by atoms with Crippen LogP contribution in [0, 0.1) is 0 Å². The predicted octanol–water partition coefficient (Wildman–Crippen LogP) is 5.45. The molecule has 0 atom stereocenters. The molecule has 2 N–H and O–H groups in total. The van der Waals surface area contributed by atoms with Gasteiger partial charge in [-0.25, -0.2) is 0 Å². The lowest BCUT2D eigenvalue weighted by molar-refractivity contribution is -0.137. The van der Waals surface area contributed by atoms with E-state index >= 15 is 0 Å². The first-order chi connectivity index (χ1) is 11.3. The lowest BCUT2D eigenvalue weighted by Crippen LogP contribution is -2.19. The lowest BCUT2D eigenvalue weighted by atomic mass is 10.1. The number of carbonyl (C=O) groups is 1. The minimum atomic E-state index is -4.53. The van der Waals surface area contributed by atoms with Gasteiger partial charge in [0.25, 0.3) is 0 Å². The van der Waals surface area contributed by atoms with Gasteiger partial charge in [-0.2, -0.15) is 13.2 Å². The number of carbonyl (C=O) groups excluding carboxylic acids is 1. The van der Waals surface area contributed by atoms with E-state index in [-0.39, 0.29) is 18.7 Å². The highest BCUT2D eigenvalue weighted by Crippen LogP contribution is 2.34. The van der Waals surface area contributed by atoms with Gasteiger partial charge in [0.15, 0.2) is 0 Å². The van der Waals surface area contributed by atoms with Crippen molar-refractivity contribution in [2.75, 3.05) is 17.2 Å². The number of benzene rings is 2. The number of halogens is 5. The average molecular weight is 377 g/mol. The number of alkyl halides is 3. The van der Waals surface area contributed by atoms with E-state index in [0.29, 0.717) is 15.7 Å². The predicted molar refractivity (Wildman–Crippen MR) is 89.6 cm³/mol. The van der Waals surface area contributed by atoms with Gasteiger partial charge < -0.3 is 10.6 Å². The van der Waals surface area contributed by atoms with Crippen LogP contribution in [0.15, 0.2) is 42.5 Å². The van der Waals surface area contributed by atoms with Crippen LogP contribution in [0.3, 0.4) is 0 Å². The molecule has 2 aromatic carbocycles. The molecule has 128 valence electrons. The van der Waals surface area contributed by atoms with E-state index in [1.54, 1.807) is 18.2 Å². The molecule has 2 aromatic rings. The van der Waals surface area contributed by atoms with Crippen LogP contribution in [-0.2, 0) is 11.0 Å². The summed E-state index contributed by atoms with van der Waals surface area (Å²) in [6.07, 6.45) is -4.58. The molecule has 0 unspecified atom stereocenters. The van der Waals surface area contributed by atoms with Crippen LogP contribution in [0.2, 0.25) is 10.0 Å². The summed E-state index contributed by atoms with van der Waals surface area (Å²) in [7, 11) is 0. The summed E-state index contributed by atoms with van der Waals surface area (Å²) >= 11 is 11.9. The lowest BCUT2D eigenvalue weighted by Gasteiger charge is -2.14. The van der Waals surface area contributed by atoms with Gasteiger partial charge in [0.05, 0.1) is 27.0 Å². The molecule has 2 rings (SSSR count). The Morgan fingerprint density at radius 1 is 1.00 bits per heavy atom. The highest BCUT2D eigenvalue weighted by atomic mass is 35.5. The van der Waals surface area contributed by atoms with E-state index in [2.05, 4.69) is 10.6 Å². The summed E-state index contributed by atoms with van der Waals surface area (Å²) in [5.41, 5.74) is -0.685. The smallest absolute Gasteiger partial charge is 0.382 e. The maximum atomic E-state index is 12.9. The third-order valence-electron chi connectivity index (χ3n) is 3.12. The molecule has 3 nitrogen and oxygen atoms in total. The Kier molecular flexibility index (Phi) is 5.96. The first-order valence-corrected chi connectivity index (χ1v) is 7.68. The Morgan fingerprint density at radius 2 is 1.62 bits per heavy atom. The highest BCUT2D eigenvalue weighted by Gasteiger charge is 2.33. The van der Waals surface area contributed by atoms with Crippen LogP contribution in [0.5, 0.6) is 0 Å². The summed E-state index contributed by atoms with van der Waals surface area (Å²) in [5.74, 6) is -0.553. The maximum absolute atomic E-state index is 12.9. The van der Waals surface area contributed by atoms with Crippen molar-refractivity contribution in [2.24, 2.45) is 0 Å². The Balaban J connectivity index is 1.95. The maximum Gasteiger partial charge on any atom is 0.418 e. The zero-order chi connectivity index (χ0) is 17.7. The number of anilines is 2. The largest absolute Gasteiger partial charge is 0.418 e. The van der Waals surface area contributed by atoms with E-state index in [1.807, 2.05) is 0 Å². The molecule has 8 heteroatoms. The van der Waals surface area contributed by atoms with Crippen molar-refractivity contribution in [2.45, 2.75) is 12.6 Å². The highest BCUT2D eigenvalue weighted by molar-refractivity contribution is 6.39. The molecule has 0 fully saturated rings. The molecule has 0 radical (unpaired) electrons. The molecule has 0 aliphatic rings. The summed E-state index contributed by atoms with van der Waals surface area (Å²) in [5, 5.41) is 5.95. The van der Waals surface area contributed by atoms with E-state index in [0.717, 1.165) is 6.07 Å². The van der Waals surface area contributed by atoms with Crippen LogP contribution in [0.25, 0.3) is 0 Å². The standard InChI is InChI=1S/C16H13Cl2F3N2O/c17-11-5-3-6-12(18)15(11)22-9-8-14(24)23-13-7-2-1-4-10(13)16(19,20)21/h1-7,22H,8-9H2,(H,23,24). The zero-order valence-corrected chi connectivity index (χ0v) is 13.8. The van der Waals surface area contributed by atoms with E-state index < -0.39 is 17.6 Å². The Labute approximate surface area is 146 Å². The number of rotatable bonds is 5. The monoisotopic (exact) mass is 376 g/mol. The van der Waals surface area contributed by atoms with Gasteiger partial charge in [-0.05, 0) is 24.3 Å². The van der Waals surface area contributed by atoms with E-state index in [1.165, 1.54) is 18.2 Å². The second-order valence-corrected chi connectivity index (χ2v) is 5.68. The Hall–Kier alpha value is -1.92. The zero-order valence-electron chi connectivity index (χ0n) is 12.3. The fourth-order valence-corrected chi connectivity index (χ4v) is 2.55. The molecule has 24 heavy (non-hydrogen) atoms. The minimum absolute atomic E-state index is 0.0479. The first kappa shape index (κ1) is 18.4. The van der Waals surface area contributed by atoms with Crippen LogP contribution < -0.4 is 10.6 Å². The van der Waals surface area contributed by atoms with Crippen molar-refractivity contribution in [3.8, 4) is 0 Å². The summed E-state index contributed by atoms with van der Waals surface area (Å²) in [6, 6.07) is 9.75. The molecular weight excluding hydrogens is 364 g/mol. The average Bonchev–Trinajstić information content (AvgIpc) is 2.49. The molecule has 0 aliphatic carbocycles. The summed E-state index contributed by atoms with van der Waals surface area (Å²) < 4.78 is 38.6. The quantitative estimate of drug-likeness (QED) is 0.727. The van der Waals surface area contributed by atoms with Crippen LogP contribution >= 0.6 is 23.2 Å². The van der Waals surface area contributed by atoms with Crippen molar-refractivity contribution < 1.29 is 18.0 Å². The van der Waals surface area contributed by atoms with Gasteiger partial charge in [0, 0.05) is 13.0 Å². The Morgan fingerprint density at radius 3 is 2.25 bits per heavy atom. The Bertz CT molecular complexity index is 715. The molecule has 0 saturated heterocycles. The van der Waals surface area contributed by atoms with E-state index in [9.17, 15) is 18.0 Å². The summed E-state index contributed by atoms with van der Waals surface area (Å²) in [6.45, 7) is 0.170. The van der Waals surface area contributed by atoms with Crippen molar-refractivity contribution in [1.29, 1.82) is 0 Å². The van der Waals surface area contributed by atoms with Crippen LogP contribution in [0.4, 0.5) is 24.5 Å². The van der Waals surface area contributed by atoms with Crippen LogP contribution in [0.1, 0.15) is 12.0 Å². The number of amides is 1. The molecular formula is C16H13Cl2F3N2O. The SMILES string of the molecule is O=C(CCNc1c(Cl)cccc1Cl)Nc1ccccc1C(F)(F)F. The second kappa shape index (κ2) is 7.77. The molecule has 0 spiro atoms. The third-order valence-corrected chi connectivity index (χ3v) is 3.75. The number of hydrogen-bond acceptors (Lipinski definition) is 2. The topological polar surface area (TPSA) is 41.1 Å². The van der Waals surface area contributed by atoms with Crippen molar-refractivity contribution in [1.82, 2.24) is 0 Å². The molecule has 0 aliphatic heterocycles.